The van der Waals surface area contributed by atoms with Gasteiger partial charge in [-0.3, -0.25) is 9.59 Å². The molecule has 0 saturated heterocycles. The smallest absolute Gasteiger partial charge is 0.309 e. The minimum absolute atomic E-state index is 0.0210. The van der Waals surface area contributed by atoms with Crippen molar-refractivity contribution in [1.29, 1.82) is 0 Å². The van der Waals surface area contributed by atoms with Crippen LogP contribution in [0, 0.1) is 40.4 Å². The molecular formula is C27H48O4. The second kappa shape index (κ2) is 9.83. The van der Waals surface area contributed by atoms with E-state index < -0.39 is 0 Å². The van der Waals surface area contributed by atoms with Crippen molar-refractivity contribution in [3.63, 3.8) is 0 Å². The lowest BCUT2D eigenvalue weighted by molar-refractivity contribution is -0.161. The molecule has 2 rings (SSSR count). The zero-order chi connectivity index (χ0) is 23.6. The lowest BCUT2D eigenvalue weighted by atomic mass is 9.57. The minimum atomic E-state index is -0.378. The number of ether oxygens (including phenoxy) is 2. The largest absolute Gasteiger partial charge is 0.465 e. The first-order chi connectivity index (χ1) is 14.2. The zero-order valence-electron chi connectivity index (χ0n) is 21.7. The van der Waals surface area contributed by atoms with Gasteiger partial charge < -0.3 is 9.47 Å². The van der Waals surface area contributed by atoms with Crippen molar-refractivity contribution in [3.05, 3.63) is 0 Å². The first-order valence-corrected chi connectivity index (χ1v) is 12.6. The summed E-state index contributed by atoms with van der Waals surface area (Å²) < 4.78 is 11.4. The van der Waals surface area contributed by atoms with Gasteiger partial charge in [0.2, 0.25) is 0 Å². The normalized spacial score (nSPS) is 30.2. The lowest BCUT2D eigenvalue weighted by Gasteiger charge is -2.48. The van der Waals surface area contributed by atoms with Crippen LogP contribution in [0.25, 0.3) is 0 Å². The van der Waals surface area contributed by atoms with Crippen LogP contribution >= 0.6 is 0 Å². The molecule has 6 unspecified atom stereocenters. The van der Waals surface area contributed by atoms with Crippen LogP contribution in [-0.4, -0.2) is 24.1 Å². The number of esters is 2. The fourth-order valence-corrected chi connectivity index (χ4v) is 6.71. The van der Waals surface area contributed by atoms with Crippen molar-refractivity contribution in [2.45, 2.75) is 113 Å². The molecule has 0 N–H and O–H groups in total. The van der Waals surface area contributed by atoms with Crippen LogP contribution in [0.2, 0.25) is 0 Å². The summed E-state index contributed by atoms with van der Waals surface area (Å²) in [6.45, 7) is 20.5. The monoisotopic (exact) mass is 436 g/mol. The minimum Gasteiger partial charge on any atom is -0.465 e. The van der Waals surface area contributed by atoms with Gasteiger partial charge in [0.15, 0.2) is 0 Å². The Morgan fingerprint density at radius 1 is 0.903 bits per heavy atom. The molecule has 4 nitrogen and oxygen atoms in total. The quantitative estimate of drug-likeness (QED) is 0.294. The summed E-state index contributed by atoms with van der Waals surface area (Å²) in [6, 6.07) is 0. The summed E-state index contributed by atoms with van der Waals surface area (Å²) in [5.41, 5.74) is 0.0685. The van der Waals surface area contributed by atoms with Gasteiger partial charge in [-0.25, -0.2) is 0 Å². The van der Waals surface area contributed by atoms with Crippen LogP contribution in [0.1, 0.15) is 107 Å². The number of hydrogen-bond acceptors (Lipinski definition) is 4. The van der Waals surface area contributed by atoms with Gasteiger partial charge >= 0.3 is 11.9 Å². The van der Waals surface area contributed by atoms with E-state index >= 15 is 0 Å². The number of carbonyl (C=O) groups excluding carboxylic acids is 2. The lowest BCUT2D eigenvalue weighted by Crippen LogP contribution is -2.44. The number of rotatable bonds is 9. The molecule has 31 heavy (non-hydrogen) atoms. The molecular weight excluding hydrogens is 388 g/mol. The van der Waals surface area contributed by atoms with Gasteiger partial charge in [0.25, 0.3) is 0 Å². The Bertz CT molecular complexity index is 626. The standard InChI is InChI=1S/C27H48O4/c1-10-14-27(9,11-2)31-21(28)13-12-15-30-24(29)20-17-18-16-19(20)23(26(6,7)8)22(18)25(3,4)5/h18-20,22-23H,10-17H2,1-9H3. The van der Waals surface area contributed by atoms with Crippen molar-refractivity contribution >= 4 is 11.9 Å². The maximum absolute atomic E-state index is 12.9. The Morgan fingerprint density at radius 3 is 2.03 bits per heavy atom. The fourth-order valence-electron chi connectivity index (χ4n) is 6.71. The SMILES string of the molecule is CCCC(C)(CC)OC(=O)CCCOC(=O)C1CC2CC1C(C(C)(C)C)C2C(C)(C)C. The second-order valence-electron chi connectivity index (χ2n) is 12.6. The molecule has 0 aromatic carbocycles. The highest BCUT2D eigenvalue weighted by Gasteiger charge is 2.60. The topological polar surface area (TPSA) is 52.6 Å². The Hall–Kier alpha value is -1.06. The third-order valence-electron chi connectivity index (χ3n) is 7.96. The van der Waals surface area contributed by atoms with Crippen LogP contribution < -0.4 is 0 Å². The van der Waals surface area contributed by atoms with Gasteiger partial charge in [-0.2, -0.15) is 0 Å². The van der Waals surface area contributed by atoms with E-state index in [1.54, 1.807) is 0 Å². The van der Waals surface area contributed by atoms with Crippen molar-refractivity contribution in [1.82, 2.24) is 0 Å². The third-order valence-corrected chi connectivity index (χ3v) is 7.96. The van der Waals surface area contributed by atoms with E-state index in [0.717, 1.165) is 32.1 Å². The molecule has 2 aliphatic rings. The molecule has 2 aliphatic carbocycles. The number of hydrogen-bond donors (Lipinski definition) is 0. The van der Waals surface area contributed by atoms with E-state index in [4.69, 9.17) is 9.47 Å². The van der Waals surface area contributed by atoms with E-state index in [1.807, 2.05) is 6.92 Å². The van der Waals surface area contributed by atoms with Crippen LogP contribution in [0.4, 0.5) is 0 Å². The number of fused-ring (bicyclic) bond motifs is 2. The summed E-state index contributed by atoms with van der Waals surface area (Å²) in [5.74, 6) is 2.03. The Balaban J connectivity index is 1.86. The summed E-state index contributed by atoms with van der Waals surface area (Å²) >= 11 is 0. The van der Waals surface area contributed by atoms with Crippen molar-refractivity contribution in [2.75, 3.05) is 6.61 Å². The van der Waals surface area contributed by atoms with Gasteiger partial charge in [-0.05, 0) is 73.5 Å². The second-order valence-corrected chi connectivity index (χ2v) is 12.6. The summed E-state index contributed by atoms with van der Waals surface area (Å²) in [6.07, 6.45) is 5.64. The van der Waals surface area contributed by atoms with Crippen molar-refractivity contribution < 1.29 is 19.1 Å². The van der Waals surface area contributed by atoms with E-state index in [9.17, 15) is 9.59 Å². The molecule has 0 heterocycles. The maximum Gasteiger partial charge on any atom is 0.309 e. The maximum atomic E-state index is 12.9. The molecule has 180 valence electrons. The molecule has 2 bridgehead atoms. The van der Waals surface area contributed by atoms with E-state index in [1.165, 1.54) is 0 Å². The van der Waals surface area contributed by atoms with Crippen LogP contribution in [0.5, 0.6) is 0 Å². The highest BCUT2D eigenvalue weighted by Crippen LogP contribution is 2.64. The molecule has 0 amide bonds. The molecule has 6 atom stereocenters. The summed E-state index contributed by atoms with van der Waals surface area (Å²) in [4.78, 5) is 25.1. The zero-order valence-corrected chi connectivity index (χ0v) is 21.7. The van der Waals surface area contributed by atoms with E-state index in [-0.39, 0.29) is 34.3 Å². The average molecular weight is 437 g/mol. The van der Waals surface area contributed by atoms with Crippen LogP contribution in [-0.2, 0) is 19.1 Å². The van der Waals surface area contributed by atoms with Crippen molar-refractivity contribution in [3.8, 4) is 0 Å². The van der Waals surface area contributed by atoms with Crippen LogP contribution in [0.15, 0.2) is 0 Å². The predicted molar refractivity (Wildman–Crippen MR) is 125 cm³/mol. The number of carbonyl (C=O) groups is 2. The molecule has 0 aromatic heterocycles. The van der Waals surface area contributed by atoms with Gasteiger partial charge in [-0.15, -0.1) is 0 Å². The Kier molecular flexibility index (Phi) is 8.31. The van der Waals surface area contributed by atoms with Gasteiger partial charge in [0, 0.05) is 6.42 Å². The molecule has 2 fully saturated rings. The molecule has 0 radical (unpaired) electrons. The molecule has 0 aromatic rings. The first kappa shape index (κ1) is 26.2. The molecule has 0 spiro atoms. The third kappa shape index (κ3) is 6.26. The predicted octanol–water partition coefficient (Wildman–Crippen LogP) is 6.80. The molecule has 4 heteroatoms. The van der Waals surface area contributed by atoms with Gasteiger partial charge in [0.05, 0.1) is 12.5 Å². The highest BCUT2D eigenvalue weighted by atomic mass is 16.6. The molecule has 0 aliphatic heterocycles. The average Bonchev–Trinajstić information content (AvgIpc) is 3.23. The van der Waals surface area contributed by atoms with Crippen molar-refractivity contribution in [2.24, 2.45) is 40.4 Å². The Morgan fingerprint density at radius 2 is 1.52 bits per heavy atom. The fraction of sp³-hybridized carbons (Fsp3) is 0.926. The van der Waals surface area contributed by atoms with Gasteiger partial charge in [0.1, 0.15) is 5.60 Å². The summed E-state index contributed by atoms with van der Waals surface area (Å²) in [7, 11) is 0. The van der Waals surface area contributed by atoms with E-state index in [0.29, 0.717) is 43.1 Å². The van der Waals surface area contributed by atoms with Gasteiger partial charge in [-0.1, -0.05) is 61.8 Å². The first-order valence-electron chi connectivity index (χ1n) is 12.6. The van der Waals surface area contributed by atoms with Crippen LogP contribution in [0.3, 0.4) is 0 Å². The Labute approximate surface area is 191 Å². The molecule has 2 saturated carbocycles. The summed E-state index contributed by atoms with van der Waals surface area (Å²) in [5, 5.41) is 0. The van der Waals surface area contributed by atoms with E-state index in [2.05, 4.69) is 55.4 Å². The highest BCUT2D eigenvalue weighted by molar-refractivity contribution is 5.74.